The maximum absolute atomic E-state index is 13.7. The third kappa shape index (κ3) is 3.01. The van der Waals surface area contributed by atoms with Gasteiger partial charge in [0, 0.05) is 23.6 Å². The molecule has 6 heteroatoms. The Labute approximate surface area is 118 Å². The number of hydrogen-bond acceptors (Lipinski definition) is 2. The zero-order chi connectivity index (χ0) is 14.2. The maximum atomic E-state index is 13.7. The minimum atomic E-state index is -1.25. The van der Waals surface area contributed by atoms with E-state index >= 15 is 0 Å². The zero-order valence-corrected chi connectivity index (χ0v) is 12.1. The van der Waals surface area contributed by atoms with Crippen molar-refractivity contribution in [3.8, 4) is 0 Å². The van der Waals surface area contributed by atoms with Gasteiger partial charge in [-0.2, -0.15) is 5.10 Å². The third-order valence-electron chi connectivity index (χ3n) is 2.88. The van der Waals surface area contributed by atoms with Crippen LogP contribution in [0.4, 0.5) is 8.78 Å². The molecule has 1 aromatic carbocycles. The van der Waals surface area contributed by atoms with Gasteiger partial charge in [-0.15, -0.1) is 0 Å². The number of aliphatic hydroxyl groups excluding tert-OH is 1. The van der Waals surface area contributed by atoms with Crippen LogP contribution in [0.5, 0.6) is 0 Å². The molecule has 19 heavy (non-hydrogen) atoms. The average molecular weight is 331 g/mol. The van der Waals surface area contributed by atoms with Crippen molar-refractivity contribution in [3.05, 3.63) is 51.3 Å². The molecule has 1 atom stereocenters. The molecule has 1 heterocycles. The lowest BCUT2D eigenvalue weighted by Gasteiger charge is -2.13. The zero-order valence-electron chi connectivity index (χ0n) is 10.5. The van der Waals surface area contributed by atoms with Gasteiger partial charge in [0.1, 0.15) is 11.6 Å². The van der Waals surface area contributed by atoms with E-state index in [1.54, 1.807) is 17.8 Å². The van der Waals surface area contributed by atoms with Crippen molar-refractivity contribution in [1.29, 1.82) is 0 Å². The molecule has 0 aliphatic carbocycles. The number of nitrogens with zero attached hydrogens (tertiary/aromatic N) is 2. The Balaban J connectivity index is 2.30. The molecule has 0 amide bonds. The van der Waals surface area contributed by atoms with E-state index in [9.17, 15) is 13.9 Å². The molecule has 0 spiro atoms. The molecule has 0 saturated carbocycles. The van der Waals surface area contributed by atoms with Crippen molar-refractivity contribution in [2.45, 2.75) is 19.4 Å². The molecule has 1 N–H and O–H groups in total. The number of hydrogen-bond donors (Lipinski definition) is 1. The summed E-state index contributed by atoms with van der Waals surface area (Å²) in [5.74, 6) is -1.53. The van der Waals surface area contributed by atoms with Crippen molar-refractivity contribution in [3.63, 3.8) is 0 Å². The summed E-state index contributed by atoms with van der Waals surface area (Å²) >= 11 is 3.00. The number of aromatic nitrogens is 2. The van der Waals surface area contributed by atoms with Crippen molar-refractivity contribution in [2.24, 2.45) is 7.05 Å². The molecule has 102 valence electrons. The van der Waals surface area contributed by atoms with E-state index in [0.29, 0.717) is 10.2 Å². The van der Waals surface area contributed by atoms with Gasteiger partial charge >= 0.3 is 0 Å². The van der Waals surface area contributed by atoms with Gasteiger partial charge in [-0.05, 0) is 25.1 Å². The Morgan fingerprint density at radius 1 is 1.32 bits per heavy atom. The van der Waals surface area contributed by atoms with Gasteiger partial charge in [0.05, 0.1) is 17.4 Å². The van der Waals surface area contributed by atoms with Gasteiger partial charge in [-0.3, -0.25) is 4.68 Å². The predicted molar refractivity (Wildman–Crippen MR) is 70.7 cm³/mol. The molecule has 0 aliphatic heterocycles. The predicted octanol–water partition coefficient (Wildman–Crippen LogP) is 3.05. The number of benzene rings is 1. The lowest BCUT2D eigenvalue weighted by molar-refractivity contribution is 0.166. The van der Waals surface area contributed by atoms with E-state index in [1.165, 1.54) is 0 Å². The second-order valence-electron chi connectivity index (χ2n) is 4.40. The maximum Gasteiger partial charge on any atom is 0.133 e. The summed E-state index contributed by atoms with van der Waals surface area (Å²) in [6.07, 6.45) is -1.14. The molecule has 2 aromatic rings. The summed E-state index contributed by atoms with van der Waals surface area (Å²) in [7, 11) is 1.73. The van der Waals surface area contributed by atoms with E-state index in [0.717, 1.165) is 17.8 Å². The van der Waals surface area contributed by atoms with Gasteiger partial charge in [0.2, 0.25) is 0 Å². The lowest BCUT2D eigenvalue weighted by atomic mass is 10.0. The van der Waals surface area contributed by atoms with Crippen LogP contribution in [0, 0.1) is 18.6 Å². The van der Waals surface area contributed by atoms with Crippen LogP contribution in [0.2, 0.25) is 0 Å². The molecule has 1 aromatic heterocycles. The smallest absolute Gasteiger partial charge is 0.133 e. The topological polar surface area (TPSA) is 38.0 Å². The van der Waals surface area contributed by atoms with Gasteiger partial charge in [0.15, 0.2) is 0 Å². The molecule has 0 bridgehead atoms. The number of rotatable bonds is 3. The second kappa shape index (κ2) is 5.38. The SMILES string of the molecule is Cc1cc(CC(O)c2c(F)cc(Br)cc2F)n(C)n1. The van der Waals surface area contributed by atoms with E-state index in [-0.39, 0.29) is 12.0 Å². The molecule has 0 radical (unpaired) electrons. The summed E-state index contributed by atoms with van der Waals surface area (Å²) in [6.45, 7) is 1.82. The second-order valence-corrected chi connectivity index (χ2v) is 5.32. The van der Waals surface area contributed by atoms with E-state index in [4.69, 9.17) is 0 Å². The minimum Gasteiger partial charge on any atom is -0.388 e. The van der Waals surface area contributed by atoms with Crippen LogP contribution in [0.15, 0.2) is 22.7 Å². The third-order valence-corrected chi connectivity index (χ3v) is 3.34. The fraction of sp³-hybridized carbons (Fsp3) is 0.308. The molecular weight excluding hydrogens is 318 g/mol. The van der Waals surface area contributed by atoms with Crippen LogP contribution in [0.3, 0.4) is 0 Å². The fourth-order valence-corrected chi connectivity index (χ4v) is 2.43. The van der Waals surface area contributed by atoms with Gasteiger partial charge in [-0.1, -0.05) is 15.9 Å². The Hall–Kier alpha value is -1.27. The van der Waals surface area contributed by atoms with Gasteiger partial charge in [-0.25, -0.2) is 8.78 Å². The number of aryl methyl sites for hydroxylation is 2. The first-order valence-corrected chi connectivity index (χ1v) is 6.50. The van der Waals surface area contributed by atoms with E-state index in [2.05, 4.69) is 21.0 Å². The Morgan fingerprint density at radius 2 is 1.89 bits per heavy atom. The van der Waals surface area contributed by atoms with Gasteiger partial charge in [0.25, 0.3) is 0 Å². The highest BCUT2D eigenvalue weighted by molar-refractivity contribution is 9.10. The van der Waals surface area contributed by atoms with Crippen LogP contribution in [0.25, 0.3) is 0 Å². The van der Waals surface area contributed by atoms with Crippen LogP contribution >= 0.6 is 15.9 Å². The largest absolute Gasteiger partial charge is 0.388 e. The Kier molecular flexibility index (Phi) is 4.01. The normalized spacial score (nSPS) is 12.7. The van der Waals surface area contributed by atoms with Crippen LogP contribution in [-0.4, -0.2) is 14.9 Å². The standard InChI is InChI=1S/C13H13BrF2N2O/c1-7-3-9(18(2)17-7)6-12(19)13-10(15)4-8(14)5-11(13)16/h3-5,12,19H,6H2,1-2H3. The van der Waals surface area contributed by atoms with Crippen LogP contribution < -0.4 is 0 Å². The highest BCUT2D eigenvalue weighted by atomic mass is 79.9. The quantitative estimate of drug-likeness (QED) is 0.939. The molecular formula is C13H13BrF2N2O. The first kappa shape index (κ1) is 14.1. The lowest BCUT2D eigenvalue weighted by Crippen LogP contribution is -2.10. The van der Waals surface area contributed by atoms with E-state index in [1.807, 2.05) is 6.92 Å². The molecule has 0 fully saturated rings. The summed E-state index contributed by atoms with van der Waals surface area (Å²) in [5.41, 5.74) is 1.19. The van der Waals surface area contributed by atoms with E-state index < -0.39 is 17.7 Å². The highest BCUT2D eigenvalue weighted by Crippen LogP contribution is 2.27. The van der Waals surface area contributed by atoms with Crippen LogP contribution in [-0.2, 0) is 13.5 Å². The minimum absolute atomic E-state index is 0.104. The Morgan fingerprint density at radius 3 is 2.37 bits per heavy atom. The summed E-state index contributed by atoms with van der Waals surface area (Å²) in [4.78, 5) is 0. The number of halogens is 3. The molecule has 1 unspecified atom stereocenters. The van der Waals surface area contributed by atoms with Crippen molar-refractivity contribution >= 4 is 15.9 Å². The first-order valence-electron chi connectivity index (χ1n) is 5.70. The number of aliphatic hydroxyl groups is 1. The Bertz CT molecular complexity index is 590. The van der Waals surface area contributed by atoms with Crippen molar-refractivity contribution in [1.82, 2.24) is 9.78 Å². The first-order chi connectivity index (χ1) is 8.88. The van der Waals surface area contributed by atoms with Crippen molar-refractivity contribution < 1.29 is 13.9 Å². The summed E-state index contributed by atoms with van der Waals surface area (Å²) < 4.78 is 29.3. The fourth-order valence-electron chi connectivity index (χ4n) is 2.03. The average Bonchev–Trinajstić information content (AvgIpc) is 2.55. The van der Waals surface area contributed by atoms with Gasteiger partial charge < -0.3 is 5.11 Å². The molecule has 0 aliphatic rings. The summed E-state index contributed by atoms with van der Waals surface area (Å²) in [6, 6.07) is 4.05. The summed E-state index contributed by atoms with van der Waals surface area (Å²) in [5, 5.41) is 14.2. The monoisotopic (exact) mass is 330 g/mol. The molecule has 3 nitrogen and oxygen atoms in total. The highest BCUT2D eigenvalue weighted by Gasteiger charge is 2.20. The molecule has 0 saturated heterocycles. The van der Waals surface area contributed by atoms with Crippen molar-refractivity contribution in [2.75, 3.05) is 0 Å². The van der Waals surface area contributed by atoms with Crippen LogP contribution in [0.1, 0.15) is 23.1 Å². The molecule has 2 rings (SSSR count).